The van der Waals surface area contributed by atoms with Gasteiger partial charge in [-0.3, -0.25) is 4.79 Å². The van der Waals surface area contributed by atoms with Gasteiger partial charge in [-0.1, -0.05) is 56.3 Å². The second-order valence-electron chi connectivity index (χ2n) is 4.44. The van der Waals surface area contributed by atoms with Crippen molar-refractivity contribution in [3.63, 3.8) is 0 Å². The third kappa shape index (κ3) is 2.51. The summed E-state index contributed by atoms with van der Waals surface area (Å²) in [5.74, 6) is 0. The van der Waals surface area contributed by atoms with Crippen molar-refractivity contribution in [2.45, 2.75) is 26.7 Å². The van der Waals surface area contributed by atoms with E-state index in [-0.39, 0.29) is 0 Å². The first kappa shape index (κ1) is 12.6. The van der Waals surface area contributed by atoms with Gasteiger partial charge < -0.3 is 0 Å². The number of carbonyl (C=O) groups excluding carboxylic acids is 1. The molecule has 1 heteroatoms. The molecule has 0 radical (unpaired) electrons. The summed E-state index contributed by atoms with van der Waals surface area (Å²) in [7, 11) is 0. The molecule has 2 aromatic rings. The molecule has 0 aliphatic carbocycles. The molecule has 0 amide bonds. The zero-order valence-corrected chi connectivity index (χ0v) is 10.9. The Labute approximate surface area is 108 Å². The monoisotopic (exact) mass is 238 g/mol. The summed E-state index contributed by atoms with van der Waals surface area (Å²) in [6.07, 6.45) is 2.95. The highest BCUT2D eigenvalue weighted by Crippen LogP contribution is 2.26. The van der Waals surface area contributed by atoms with Gasteiger partial charge in [-0.15, -0.1) is 0 Å². The van der Waals surface area contributed by atoms with Gasteiger partial charge in [0.25, 0.3) is 0 Å². The van der Waals surface area contributed by atoms with Crippen LogP contribution in [0.4, 0.5) is 0 Å². The van der Waals surface area contributed by atoms with Gasteiger partial charge in [0.2, 0.25) is 0 Å². The van der Waals surface area contributed by atoms with E-state index in [1.807, 2.05) is 24.3 Å². The van der Waals surface area contributed by atoms with Crippen molar-refractivity contribution >= 4 is 6.29 Å². The average Bonchev–Trinajstić information content (AvgIpc) is 2.46. The lowest BCUT2D eigenvalue weighted by Crippen LogP contribution is -1.91. The minimum atomic E-state index is 0.725. The standard InChI is InChI=1S/C17H18O/c1-3-13-5-8-15(4-2)17(11-13)16-9-6-14(12-18)7-10-16/h5-12H,3-4H2,1-2H3. The Morgan fingerprint density at radius 3 is 2.22 bits per heavy atom. The fourth-order valence-corrected chi connectivity index (χ4v) is 2.16. The van der Waals surface area contributed by atoms with Crippen LogP contribution in [0.3, 0.4) is 0 Å². The summed E-state index contributed by atoms with van der Waals surface area (Å²) in [6.45, 7) is 4.34. The molecule has 18 heavy (non-hydrogen) atoms. The molecule has 1 nitrogen and oxygen atoms in total. The molecule has 0 aliphatic rings. The van der Waals surface area contributed by atoms with E-state index in [9.17, 15) is 4.79 Å². The molecule has 0 spiro atoms. The number of aldehydes is 1. The van der Waals surface area contributed by atoms with Crippen LogP contribution >= 0.6 is 0 Å². The maximum Gasteiger partial charge on any atom is 0.150 e. The van der Waals surface area contributed by atoms with Gasteiger partial charge in [-0.25, -0.2) is 0 Å². The average molecular weight is 238 g/mol. The van der Waals surface area contributed by atoms with Gasteiger partial charge in [0.15, 0.2) is 0 Å². The number of hydrogen-bond donors (Lipinski definition) is 0. The van der Waals surface area contributed by atoms with Gasteiger partial charge in [0, 0.05) is 5.56 Å². The van der Waals surface area contributed by atoms with E-state index < -0.39 is 0 Å². The van der Waals surface area contributed by atoms with Crippen LogP contribution in [0.1, 0.15) is 35.3 Å². The van der Waals surface area contributed by atoms with Crippen LogP contribution in [0.25, 0.3) is 11.1 Å². The number of rotatable bonds is 4. The zero-order valence-electron chi connectivity index (χ0n) is 10.9. The highest BCUT2D eigenvalue weighted by molar-refractivity contribution is 5.77. The van der Waals surface area contributed by atoms with Crippen LogP contribution in [-0.2, 0) is 12.8 Å². The van der Waals surface area contributed by atoms with Gasteiger partial charge in [-0.05, 0) is 35.1 Å². The molecule has 0 aliphatic heterocycles. The number of hydrogen-bond acceptors (Lipinski definition) is 1. The van der Waals surface area contributed by atoms with Crippen LogP contribution in [0.5, 0.6) is 0 Å². The largest absolute Gasteiger partial charge is 0.298 e. The van der Waals surface area contributed by atoms with Crippen molar-refractivity contribution in [1.82, 2.24) is 0 Å². The Hall–Kier alpha value is -1.89. The normalized spacial score (nSPS) is 10.3. The van der Waals surface area contributed by atoms with Crippen LogP contribution in [-0.4, -0.2) is 6.29 Å². The second kappa shape index (κ2) is 5.63. The molecule has 0 bridgehead atoms. The molecule has 0 saturated heterocycles. The van der Waals surface area contributed by atoms with E-state index in [4.69, 9.17) is 0 Å². The van der Waals surface area contributed by atoms with Crippen molar-refractivity contribution in [3.05, 3.63) is 59.2 Å². The summed E-state index contributed by atoms with van der Waals surface area (Å²) in [5, 5.41) is 0. The van der Waals surface area contributed by atoms with Gasteiger partial charge in [0.1, 0.15) is 6.29 Å². The molecule has 0 N–H and O–H groups in total. The zero-order chi connectivity index (χ0) is 13.0. The second-order valence-corrected chi connectivity index (χ2v) is 4.44. The summed E-state index contributed by atoms with van der Waals surface area (Å²) in [6, 6.07) is 14.5. The van der Waals surface area contributed by atoms with E-state index in [0.29, 0.717) is 0 Å². The van der Waals surface area contributed by atoms with Crippen LogP contribution in [0, 0.1) is 0 Å². The minimum absolute atomic E-state index is 0.725. The summed E-state index contributed by atoms with van der Waals surface area (Å²) in [5.41, 5.74) is 5.90. The first-order valence-electron chi connectivity index (χ1n) is 6.46. The predicted octanol–water partition coefficient (Wildman–Crippen LogP) is 4.29. The summed E-state index contributed by atoms with van der Waals surface area (Å²) < 4.78 is 0. The quantitative estimate of drug-likeness (QED) is 0.726. The Balaban J connectivity index is 2.49. The number of benzene rings is 2. The Morgan fingerprint density at radius 2 is 1.67 bits per heavy atom. The van der Waals surface area contributed by atoms with E-state index in [1.54, 1.807) is 0 Å². The van der Waals surface area contributed by atoms with E-state index in [2.05, 4.69) is 32.0 Å². The van der Waals surface area contributed by atoms with E-state index in [0.717, 1.165) is 24.7 Å². The van der Waals surface area contributed by atoms with Crippen molar-refractivity contribution in [2.75, 3.05) is 0 Å². The van der Waals surface area contributed by atoms with Crippen molar-refractivity contribution in [3.8, 4) is 11.1 Å². The molecule has 2 rings (SSSR count). The lowest BCUT2D eigenvalue weighted by molar-refractivity contribution is 0.112. The number of aryl methyl sites for hydroxylation is 2. The first-order chi connectivity index (χ1) is 8.78. The summed E-state index contributed by atoms with van der Waals surface area (Å²) >= 11 is 0. The van der Waals surface area contributed by atoms with Crippen LogP contribution < -0.4 is 0 Å². The minimum Gasteiger partial charge on any atom is -0.298 e. The highest BCUT2D eigenvalue weighted by Gasteiger charge is 2.05. The molecule has 92 valence electrons. The third-order valence-corrected chi connectivity index (χ3v) is 3.32. The first-order valence-corrected chi connectivity index (χ1v) is 6.46. The Morgan fingerprint density at radius 1 is 0.944 bits per heavy atom. The van der Waals surface area contributed by atoms with Gasteiger partial charge in [-0.2, -0.15) is 0 Å². The topological polar surface area (TPSA) is 17.1 Å². The molecule has 0 fully saturated rings. The van der Waals surface area contributed by atoms with Crippen molar-refractivity contribution in [2.24, 2.45) is 0 Å². The smallest absolute Gasteiger partial charge is 0.150 e. The lowest BCUT2D eigenvalue weighted by atomic mass is 9.94. The fourth-order valence-electron chi connectivity index (χ4n) is 2.16. The van der Waals surface area contributed by atoms with Crippen LogP contribution in [0.15, 0.2) is 42.5 Å². The maximum atomic E-state index is 10.7. The van der Waals surface area contributed by atoms with Gasteiger partial charge in [0.05, 0.1) is 0 Å². The van der Waals surface area contributed by atoms with Crippen molar-refractivity contribution in [1.29, 1.82) is 0 Å². The molecule has 0 unspecified atom stereocenters. The molecule has 0 atom stereocenters. The molecule has 2 aromatic carbocycles. The van der Waals surface area contributed by atoms with Crippen LogP contribution in [0.2, 0.25) is 0 Å². The molecular weight excluding hydrogens is 220 g/mol. The fraction of sp³-hybridized carbons (Fsp3) is 0.235. The lowest BCUT2D eigenvalue weighted by Gasteiger charge is -2.10. The molecule has 0 aromatic heterocycles. The van der Waals surface area contributed by atoms with E-state index in [1.165, 1.54) is 22.3 Å². The molecule has 0 saturated carbocycles. The Kier molecular flexibility index (Phi) is 3.93. The Bertz CT molecular complexity index is 538. The predicted molar refractivity (Wildman–Crippen MR) is 76.0 cm³/mol. The SMILES string of the molecule is CCc1ccc(CC)c(-c2ccc(C=O)cc2)c1. The highest BCUT2D eigenvalue weighted by atomic mass is 16.1. The summed E-state index contributed by atoms with van der Waals surface area (Å²) in [4.78, 5) is 10.7. The molecular formula is C17H18O. The van der Waals surface area contributed by atoms with E-state index >= 15 is 0 Å². The maximum absolute atomic E-state index is 10.7. The van der Waals surface area contributed by atoms with Gasteiger partial charge >= 0.3 is 0 Å². The molecule has 0 heterocycles. The number of carbonyl (C=O) groups is 1. The third-order valence-electron chi connectivity index (χ3n) is 3.32. The van der Waals surface area contributed by atoms with Crippen molar-refractivity contribution < 1.29 is 4.79 Å².